The Labute approximate surface area is 178 Å². The zero-order valence-electron chi connectivity index (χ0n) is 17.3. The number of ether oxygens (including phenoxy) is 7. The number of methoxy groups -OCH3 is 3. The number of carbonyl (C=O) groups excluding carboxylic acids is 2. The molecule has 0 spiro atoms. The molecule has 0 bridgehead atoms. The van der Waals surface area contributed by atoms with Gasteiger partial charge in [0.25, 0.3) is 0 Å². The Morgan fingerprint density at radius 1 is 0.742 bits per heavy atom. The fourth-order valence-corrected chi connectivity index (χ4v) is 2.88. The first kappa shape index (κ1) is 21.9. The minimum absolute atomic E-state index is 0.118. The van der Waals surface area contributed by atoms with Crippen molar-refractivity contribution in [2.75, 3.05) is 47.8 Å². The summed E-state index contributed by atoms with van der Waals surface area (Å²) in [6, 6.07) is 5.93. The molecule has 0 aliphatic carbocycles. The molecule has 0 unspecified atom stereocenters. The minimum atomic E-state index is -0.526. The number of fused-ring (bicyclic) bond motifs is 2. The molecule has 0 amide bonds. The molecular formula is C21H22O10. The number of esters is 2. The Hall–Kier alpha value is -3.82. The molecule has 0 fully saturated rings. The number of carbonyl (C=O) groups is 2. The lowest BCUT2D eigenvalue weighted by atomic mass is 10.1. The molecule has 31 heavy (non-hydrogen) atoms. The van der Waals surface area contributed by atoms with E-state index in [4.69, 9.17) is 23.7 Å². The second-order valence-electron chi connectivity index (χ2n) is 6.21. The number of rotatable bonds is 3. The van der Waals surface area contributed by atoms with E-state index < -0.39 is 11.9 Å². The van der Waals surface area contributed by atoms with Gasteiger partial charge in [0.05, 0.1) is 32.5 Å². The minimum Gasteiger partial charge on any atom is -0.504 e. The number of phenolic OH excluding ortho intramolecular Hbond substituents is 1. The van der Waals surface area contributed by atoms with Crippen LogP contribution in [0.3, 0.4) is 0 Å². The number of phenols is 1. The zero-order chi connectivity index (χ0) is 22.4. The van der Waals surface area contributed by atoms with Crippen LogP contribution in [-0.4, -0.2) is 64.8 Å². The molecule has 0 atom stereocenters. The zero-order valence-corrected chi connectivity index (χ0v) is 17.3. The van der Waals surface area contributed by atoms with E-state index in [-0.39, 0.29) is 17.1 Å². The van der Waals surface area contributed by atoms with Gasteiger partial charge in [0, 0.05) is 0 Å². The molecule has 10 nitrogen and oxygen atoms in total. The molecule has 0 saturated carbocycles. The van der Waals surface area contributed by atoms with Gasteiger partial charge in [0.2, 0.25) is 11.5 Å². The Bertz CT molecular complexity index is 952. The quantitative estimate of drug-likeness (QED) is 0.720. The van der Waals surface area contributed by atoms with Crippen LogP contribution in [-0.2, 0) is 9.47 Å². The van der Waals surface area contributed by atoms with Crippen molar-refractivity contribution in [3.8, 4) is 34.5 Å². The summed E-state index contributed by atoms with van der Waals surface area (Å²) >= 11 is 0. The molecule has 0 radical (unpaired) electrons. The molecule has 2 heterocycles. The first-order chi connectivity index (χ1) is 15.0. The summed E-state index contributed by atoms with van der Waals surface area (Å²) in [6.07, 6.45) is 0. The van der Waals surface area contributed by atoms with E-state index in [0.29, 0.717) is 55.0 Å². The van der Waals surface area contributed by atoms with Crippen molar-refractivity contribution in [1.29, 1.82) is 0 Å². The maximum Gasteiger partial charge on any atom is 0.338 e. The van der Waals surface area contributed by atoms with Crippen LogP contribution in [0.4, 0.5) is 0 Å². The second kappa shape index (κ2) is 9.79. The van der Waals surface area contributed by atoms with Gasteiger partial charge < -0.3 is 38.3 Å². The Morgan fingerprint density at radius 3 is 1.77 bits per heavy atom. The Kier molecular flexibility index (Phi) is 6.91. The molecule has 1 N–H and O–H groups in total. The Balaban J connectivity index is 0.000000176. The van der Waals surface area contributed by atoms with Gasteiger partial charge in [-0.25, -0.2) is 9.59 Å². The van der Waals surface area contributed by atoms with Crippen LogP contribution >= 0.6 is 0 Å². The highest BCUT2D eigenvalue weighted by Gasteiger charge is 2.21. The summed E-state index contributed by atoms with van der Waals surface area (Å²) in [7, 11) is 4.11. The summed E-state index contributed by atoms with van der Waals surface area (Å²) in [4.78, 5) is 22.6. The van der Waals surface area contributed by atoms with Crippen molar-refractivity contribution < 1.29 is 47.9 Å². The van der Waals surface area contributed by atoms with E-state index in [2.05, 4.69) is 9.47 Å². The third-order valence-electron chi connectivity index (χ3n) is 4.29. The normalized spacial score (nSPS) is 13.3. The van der Waals surface area contributed by atoms with E-state index in [9.17, 15) is 14.7 Å². The number of hydrogen-bond donors (Lipinski definition) is 1. The number of aromatic hydroxyl groups is 1. The van der Waals surface area contributed by atoms with Crippen molar-refractivity contribution in [1.82, 2.24) is 0 Å². The summed E-state index contributed by atoms with van der Waals surface area (Å²) < 4.78 is 35.5. The highest BCUT2D eigenvalue weighted by Crippen LogP contribution is 2.41. The van der Waals surface area contributed by atoms with Crippen LogP contribution in [0.1, 0.15) is 20.7 Å². The predicted molar refractivity (Wildman–Crippen MR) is 106 cm³/mol. The van der Waals surface area contributed by atoms with Crippen molar-refractivity contribution in [3.05, 3.63) is 35.4 Å². The molecule has 0 saturated heterocycles. The number of benzene rings is 2. The third kappa shape index (κ3) is 4.85. The van der Waals surface area contributed by atoms with E-state index in [0.717, 1.165) is 0 Å². The van der Waals surface area contributed by atoms with E-state index in [1.54, 1.807) is 12.1 Å². The molecule has 4 rings (SSSR count). The molecule has 2 aliphatic heterocycles. The van der Waals surface area contributed by atoms with E-state index in [1.807, 2.05) is 0 Å². The molecule has 2 aliphatic rings. The van der Waals surface area contributed by atoms with Crippen LogP contribution in [0.2, 0.25) is 0 Å². The van der Waals surface area contributed by atoms with Crippen LogP contribution in [0, 0.1) is 0 Å². The fourth-order valence-electron chi connectivity index (χ4n) is 2.88. The maximum absolute atomic E-state index is 11.4. The molecule has 10 heteroatoms. The van der Waals surface area contributed by atoms with E-state index in [1.165, 1.54) is 33.5 Å². The third-order valence-corrected chi connectivity index (χ3v) is 4.29. The lowest BCUT2D eigenvalue weighted by Gasteiger charge is -2.20. The smallest absolute Gasteiger partial charge is 0.338 e. The molecule has 2 aromatic carbocycles. The van der Waals surface area contributed by atoms with Crippen LogP contribution in [0.5, 0.6) is 34.5 Å². The van der Waals surface area contributed by atoms with Crippen molar-refractivity contribution in [2.24, 2.45) is 0 Å². The SMILES string of the molecule is COC(=O)c1cc(O)c2c(c1)OCCO2.COC(=O)c1cc(OC)c2c(c1)OCCO2. The molecule has 0 aromatic heterocycles. The Morgan fingerprint density at radius 2 is 1.23 bits per heavy atom. The van der Waals surface area contributed by atoms with Gasteiger partial charge in [-0.1, -0.05) is 0 Å². The van der Waals surface area contributed by atoms with Gasteiger partial charge in [-0.2, -0.15) is 0 Å². The van der Waals surface area contributed by atoms with E-state index >= 15 is 0 Å². The summed E-state index contributed by atoms with van der Waals surface area (Å²) in [5, 5.41) is 9.57. The standard InChI is InChI=1S/C11H12O5.C10H10O5/c1-13-8-5-7(11(12)14-2)6-9-10(8)16-4-3-15-9;1-13-10(12)6-4-7(11)9-8(5-6)14-2-3-15-9/h5-6H,3-4H2,1-2H3;4-5,11H,2-3H2,1H3. The van der Waals surface area contributed by atoms with Crippen LogP contribution < -0.4 is 23.7 Å². The summed E-state index contributed by atoms with van der Waals surface area (Å²) in [5.74, 6) is 1.06. The average molecular weight is 434 g/mol. The van der Waals surface area contributed by atoms with Crippen LogP contribution in [0.25, 0.3) is 0 Å². The monoisotopic (exact) mass is 434 g/mol. The predicted octanol–water partition coefficient (Wildman–Crippen LogP) is 2.20. The summed E-state index contributed by atoms with van der Waals surface area (Å²) in [6.45, 7) is 1.72. The maximum atomic E-state index is 11.4. The highest BCUT2D eigenvalue weighted by molar-refractivity contribution is 5.91. The largest absolute Gasteiger partial charge is 0.504 e. The molecular weight excluding hydrogens is 412 g/mol. The lowest BCUT2D eigenvalue weighted by molar-refractivity contribution is 0.0590. The second-order valence-corrected chi connectivity index (χ2v) is 6.21. The first-order valence-corrected chi connectivity index (χ1v) is 9.25. The van der Waals surface area contributed by atoms with Crippen LogP contribution in [0.15, 0.2) is 24.3 Å². The van der Waals surface area contributed by atoms with Gasteiger partial charge in [0.1, 0.15) is 26.4 Å². The summed E-state index contributed by atoms with van der Waals surface area (Å²) in [5.41, 5.74) is 0.614. The lowest BCUT2D eigenvalue weighted by Crippen LogP contribution is -2.16. The molecule has 2 aromatic rings. The first-order valence-electron chi connectivity index (χ1n) is 9.25. The van der Waals surface area contributed by atoms with Gasteiger partial charge >= 0.3 is 11.9 Å². The van der Waals surface area contributed by atoms with Crippen molar-refractivity contribution in [2.45, 2.75) is 0 Å². The van der Waals surface area contributed by atoms with Crippen molar-refractivity contribution >= 4 is 11.9 Å². The van der Waals surface area contributed by atoms with Gasteiger partial charge in [-0.15, -0.1) is 0 Å². The molecule has 166 valence electrons. The van der Waals surface area contributed by atoms with Gasteiger partial charge in [0.15, 0.2) is 23.0 Å². The fraction of sp³-hybridized carbons (Fsp3) is 0.333. The van der Waals surface area contributed by atoms with Gasteiger partial charge in [-0.05, 0) is 24.3 Å². The number of hydrogen-bond acceptors (Lipinski definition) is 10. The topological polar surface area (TPSA) is 119 Å². The average Bonchev–Trinajstić information content (AvgIpc) is 2.82. The van der Waals surface area contributed by atoms with Crippen molar-refractivity contribution in [3.63, 3.8) is 0 Å². The van der Waals surface area contributed by atoms with Gasteiger partial charge in [-0.3, -0.25) is 0 Å². The highest BCUT2D eigenvalue weighted by atomic mass is 16.6.